The van der Waals surface area contributed by atoms with Gasteiger partial charge in [-0.15, -0.1) is 0 Å². The van der Waals surface area contributed by atoms with Gasteiger partial charge in [0.1, 0.15) is 5.82 Å². The minimum atomic E-state index is -0.123. The molecular weight excluding hydrogens is 215 g/mol. The molecule has 0 bridgehead atoms. The van der Waals surface area contributed by atoms with Crippen LogP contribution in [0.3, 0.4) is 0 Å². The summed E-state index contributed by atoms with van der Waals surface area (Å²) >= 11 is 0. The Morgan fingerprint density at radius 1 is 1.41 bits per heavy atom. The fourth-order valence-electron chi connectivity index (χ4n) is 2.08. The van der Waals surface area contributed by atoms with Gasteiger partial charge in [0.25, 0.3) is 0 Å². The molecule has 3 heteroatoms. The number of aryl methyl sites for hydroxylation is 1. The van der Waals surface area contributed by atoms with Crippen LogP contribution < -0.4 is 11.1 Å². The Labute approximate surface area is 102 Å². The van der Waals surface area contributed by atoms with Crippen LogP contribution in [0.5, 0.6) is 0 Å². The van der Waals surface area contributed by atoms with Gasteiger partial charge in [-0.25, -0.2) is 4.39 Å². The molecule has 0 atom stereocenters. The van der Waals surface area contributed by atoms with Crippen molar-refractivity contribution >= 4 is 0 Å². The summed E-state index contributed by atoms with van der Waals surface area (Å²) < 4.78 is 13.1. The fraction of sp³-hybridized carbons (Fsp3) is 0.571. The molecule has 94 valence electrons. The quantitative estimate of drug-likeness (QED) is 0.741. The van der Waals surface area contributed by atoms with Crippen LogP contribution in [0.4, 0.5) is 4.39 Å². The molecule has 0 aliphatic heterocycles. The zero-order valence-electron chi connectivity index (χ0n) is 10.4. The van der Waals surface area contributed by atoms with Crippen molar-refractivity contribution in [2.45, 2.75) is 26.2 Å². The van der Waals surface area contributed by atoms with Gasteiger partial charge in [-0.1, -0.05) is 12.1 Å². The Kier molecular flexibility index (Phi) is 3.79. The number of hydrogen-bond acceptors (Lipinski definition) is 2. The number of rotatable bonds is 6. The third-order valence-corrected chi connectivity index (χ3v) is 3.70. The van der Waals surface area contributed by atoms with Crippen molar-refractivity contribution in [1.82, 2.24) is 5.32 Å². The molecule has 0 spiro atoms. The smallest absolute Gasteiger partial charge is 0.126 e. The third kappa shape index (κ3) is 3.27. The Morgan fingerprint density at radius 3 is 2.76 bits per heavy atom. The van der Waals surface area contributed by atoms with E-state index in [0.29, 0.717) is 5.41 Å². The first-order valence-corrected chi connectivity index (χ1v) is 6.31. The van der Waals surface area contributed by atoms with Crippen molar-refractivity contribution in [3.05, 3.63) is 35.1 Å². The number of benzene rings is 1. The summed E-state index contributed by atoms with van der Waals surface area (Å²) in [6.07, 6.45) is 3.46. The second-order valence-corrected chi connectivity index (χ2v) is 5.21. The highest BCUT2D eigenvalue weighted by Gasteiger charge is 2.40. The van der Waals surface area contributed by atoms with Crippen LogP contribution in [0.15, 0.2) is 18.2 Å². The van der Waals surface area contributed by atoms with Gasteiger partial charge in [0, 0.05) is 6.54 Å². The number of halogens is 1. The van der Waals surface area contributed by atoms with Gasteiger partial charge < -0.3 is 11.1 Å². The third-order valence-electron chi connectivity index (χ3n) is 3.70. The minimum Gasteiger partial charge on any atom is -0.330 e. The molecule has 0 heterocycles. The van der Waals surface area contributed by atoms with Crippen molar-refractivity contribution in [1.29, 1.82) is 0 Å². The summed E-state index contributed by atoms with van der Waals surface area (Å²) in [4.78, 5) is 0. The largest absolute Gasteiger partial charge is 0.330 e. The van der Waals surface area contributed by atoms with E-state index in [2.05, 4.69) is 5.32 Å². The van der Waals surface area contributed by atoms with Crippen molar-refractivity contribution in [2.75, 3.05) is 19.6 Å². The van der Waals surface area contributed by atoms with Crippen LogP contribution in [0, 0.1) is 18.2 Å². The van der Waals surface area contributed by atoms with E-state index in [1.165, 1.54) is 18.4 Å². The molecule has 3 N–H and O–H groups in total. The van der Waals surface area contributed by atoms with Gasteiger partial charge in [-0.3, -0.25) is 0 Å². The second-order valence-electron chi connectivity index (χ2n) is 5.21. The van der Waals surface area contributed by atoms with Crippen molar-refractivity contribution in [3.8, 4) is 0 Å². The Morgan fingerprint density at radius 2 is 2.18 bits per heavy atom. The molecule has 1 saturated carbocycles. The molecule has 0 amide bonds. The van der Waals surface area contributed by atoms with Crippen LogP contribution in [0.2, 0.25) is 0 Å². The molecule has 0 radical (unpaired) electrons. The molecule has 1 aromatic carbocycles. The molecule has 2 nitrogen and oxygen atoms in total. The van der Waals surface area contributed by atoms with E-state index in [-0.39, 0.29) is 5.82 Å². The first-order valence-electron chi connectivity index (χ1n) is 6.31. The van der Waals surface area contributed by atoms with Crippen molar-refractivity contribution in [3.63, 3.8) is 0 Å². The first kappa shape index (κ1) is 12.5. The van der Waals surface area contributed by atoms with Crippen molar-refractivity contribution < 1.29 is 4.39 Å². The normalized spacial score (nSPS) is 17.1. The Bertz CT molecular complexity index is 386. The lowest BCUT2D eigenvalue weighted by atomic mass is 10.1. The molecule has 1 fully saturated rings. The van der Waals surface area contributed by atoms with Crippen LogP contribution in [0.25, 0.3) is 0 Å². The molecule has 2 rings (SSSR count). The highest BCUT2D eigenvalue weighted by molar-refractivity contribution is 5.24. The molecule has 1 aromatic rings. The van der Waals surface area contributed by atoms with Gasteiger partial charge >= 0.3 is 0 Å². The second kappa shape index (κ2) is 5.15. The van der Waals surface area contributed by atoms with E-state index in [1.54, 1.807) is 13.0 Å². The van der Waals surface area contributed by atoms with E-state index < -0.39 is 0 Å². The first-order chi connectivity index (χ1) is 8.15. The summed E-state index contributed by atoms with van der Waals surface area (Å²) in [7, 11) is 0. The van der Waals surface area contributed by atoms with Gasteiger partial charge in [-0.2, -0.15) is 0 Å². The summed E-state index contributed by atoms with van der Waals surface area (Å²) in [5.74, 6) is -0.123. The van der Waals surface area contributed by atoms with Crippen LogP contribution in [-0.4, -0.2) is 19.6 Å². The predicted octanol–water partition coefficient (Wildman–Crippen LogP) is 2.01. The topological polar surface area (TPSA) is 38.0 Å². The number of nitrogens with one attached hydrogen (secondary N) is 1. The molecular formula is C14H21FN2. The summed E-state index contributed by atoms with van der Waals surface area (Å²) in [5, 5.41) is 3.45. The van der Waals surface area contributed by atoms with Gasteiger partial charge in [0.05, 0.1) is 0 Å². The average molecular weight is 236 g/mol. The van der Waals surface area contributed by atoms with Gasteiger partial charge in [-0.05, 0) is 61.9 Å². The van der Waals surface area contributed by atoms with Crippen molar-refractivity contribution in [2.24, 2.45) is 11.1 Å². The monoisotopic (exact) mass is 236 g/mol. The van der Waals surface area contributed by atoms with Crippen LogP contribution in [-0.2, 0) is 6.42 Å². The highest BCUT2D eigenvalue weighted by Crippen LogP contribution is 2.43. The van der Waals surface area contributed by atoms with E-state index in [0.717, 1.165) is 31.6 Å². The highest BCUT2D eigenvalue weighted by atomic mass is 19.1. The summed E-state index contributed by atoms with van der Waals surface area (Å²) in [6, 6.07) is 5.33. The SMILES string of the molecule is Cc1cc(CCNCC2(CN)CC2)ccc1F. The number of nitrogens with two attached hydrogens (primary N) is 1. The van der Waals surface area contributed by atoms with E-state index >= 15 is 0 Å². The molecule has 0 unspecified atom stereocenters. The summed E-state index contributed by atoms with van der Waals surface area (Å²) in [5.41, 5.74) is 8.02. The average Bonchev–Trinajstić information content (AvgIpc) is 3.10. The number of hydrogen-bond donors (Lipinski definition) is 2. The Balaban J connectivity index is 1.73. The maximum atomic E-state index is 13.1. The lowest BCUT2D eigenvalue weighted by Gasteiger charge is -2.13. The lowest BCUT2D eigenvalue weighted by molar-refractivity contribution is 0.470. The molecule has 0 aromatic heterocycles. The fourth-order valence-corrected chi connectivity index (χ4v) is 2.08. The molecule has 0 saturated heterocycles. The zero-order valence-corrected chi connectivity index (χ0v) is 10.4. The van der Waals surface area contributed by atoms with Crippen LogP contribution in [0.1, 0.15) is 24.0 Å². The lowest BCUT2D eigenvalue weighted by Crippen LogP contribution is -2.30. The standard InChI is InChI=1S/C14H21FN2/c1-11-8-12(2-3-13(11)15)4-7-17-10-14(9-16)5-6-14/h2-3,8,17H,4-7,9-10,16H2,1H3. The predicted molar refractivity (Wildman–Crippen MR) is 68.4 cm³/mol. The van der Waals surface area contributed by atoms with Gasteiger partial charge in [0.15, 0.2) is 0 Å². The van der Waals surface area contributed by atoms with E-state index in [1.807, 2.05) is 12.1 Å². The van der Waals surface area contributed by atoms with E-state index in [4.69, 9.17) is 5.73 Å². The van der Waals surface area contributed by atoms with Crippen LogP contribution >= 0.6 is 0 Å². The maximum Gasteiger partial charge on any atom is 0.126 e. The molecule has 1 aliphatic rings. The maximum absolute atomic E-state index is 13.1. The minimum absolute atomic E-state index is 0.123. The van der Waals surface area contributed by atoms with Gasteiger partial charge in [0.2, 0.25) is 0 Å². The molecule has 1 aliphatic carbocycles. The molecule has 17 heavy (non-hydrogen) atoms. The summed E-state index contributed by atoms with van der Waals surface area (Å²) in [6.45, 7) is 4.55. The zero-order chi connectivity index (χ0) is 12.3. The van der Waals surface area contributed by atoms with E-state index in [9.17, 15) is 4.39 Å². The Hall–Kier alpha value is -0.930.